The summed E-state index contributed by atoms with van der Waals surface area (Å²) in [4.78, 5) is 42.0. The van der Waals surface area contributed by atoms with Crippen molar-refractivity contribution in [2.75, 3.05) is 24.3 Å². The fourth-order valence-electron chi connectivity index (χ4n) is 3.55. The smallest absolute Gasteiger partial charge is 0.408 e. The van der Waals surface area contributed by atoms with Crippen LogP contribution in [0.5, 0.6) is 0 Å². The fraction of sp³-hybridized carbons (Fsp3) is 0.542. The molecule has 0 saturated carbocycles. The number of amides is 3. The molecule has 14 heteroatoms. The molecule has 12 nitrogen and oxygen atoms in total. The number of thioether (sulfide) groups is 1. The van der Waals surface area contributed by atoms with E-state index in [1.807, 2.05) is 0 Å². The van der Waals surface area contributed by atoms with Gasteiger partial charge in [-0.1, -0.05) is 5.16 Å². The van der Waals surface area contributed by atoms with Crippen molar-refractivity contribution in [3.05, 3.63) is 23.8 Å². The van der Waals surface area contributed by atoms with E-state index in [1.165, 1.54) is 23.9 Å². The maximum atomic E-state index is 15.1. The summed E-state index contributed by atoms with van der Waals surface area (Å²) in [5.74, 6) is -1.01. The molecule has 1 aromatic carbocycles. The number of ether oxygens (including phenoxy) is 3. The van der Waals surface area contributed by atoms with Gasteiger partial charge in [-0.25, -0.2) is 14.0 Å². The Bertz CT molecular complexity index is 1250. The summed E-state index contributed by atoms with van der Waals surface area (Å²) >= 11 is 1.20. The molecule has 1 saturated heterocycles. The lowest BCUT2D eigenvalue weighted by atomic mass is 9.97. The van der Waals surface area contributed by atoms with Gasteiger partial charge in [0, 0.05) is 10.6 Å². The third kappa shape index (κ3) is 6.35. The second kappa shape index (κ2) is 10.1. The third-order valence-electron chi connectivity index (χ3n) is 5.25. The number of halogens is 1. The van der Waals surface area contributed by atoms with Crippen molar-refractivity contribution >= 4 is 35.5 Å². The van der Waals surface area contributed by atoms with E-state index in [0.717, 1.165) is 0 Å². The maximum Gasteiger partial charge on any atom is 0.408 e. The number of aromatic nitrogens is 2. The van der Waals surface area contributed by atoms with Crippen molar-refractivity contribution < 1.29 is 37.5 Å². The van der Waals surface area contributed by atoms with Crippen LogP contribution in [0.3, 0.4) is 0 Å². The molecule has 2 aliphatic rings. The van der Waals surface area contributed by atoms with E-state index in [-0.39, 0.29) is 36.2 Å². The van der Waals surface area contributed by atoms with E-state index < -0.39 is 46.7 Å². The van der Waals surface area contributed by atoms with Gasteiger partial charge in [-0.05, 0) is 53.7 Å². The lowest BCUT2D eigenvalue weighted by molar-refractivity contribution is -0.117. The zero-order valence-corrected chi connectivity index (χ0v) is 22.7. The predicted molar refractivity (Wildman–Crippen MR) is 134 cm³/mol. The zero-order chi connectivity index (χ0) is 27.9. The molecular formula is C24H30FN5O7S. The number of anilines is 1. The summed E-state index contributed by atoms with van der Waals surface area (Å²) < 4.78 is 36.3. The molecule has 1 fully saturated rings. The molecule has 0 radical (unpaired) electrons. The minimum Gasteiger partial charge on any atom is -0.444 e. The number of nitrogens with zero attached hydrogens (tertiary/aromatic N) is 2. The molecule has 2 aromatic rings. The van der Waals surface area contributed by atoms with E-state index in [2.05, 4.69) is 26.1 Å². The minimum absolute atomic E-state index is 0.0224. The Morgan fingerprint density at radius 3 is 2.39 bits per heavy atom. The number of nitrogens with one attached hydrogen (secondary N) is 3. The van der Waals surface area contributed by atoms with Gasteiger partial charge in [-0.2, -0.15) is 4.98 Å². The summed E-state index contributed by atoms with van der Waals surface area (Å²) in [5.41, 5.74) is -2.25. The molecule has 0 bridgehead atoms. The highest BCUT2D eigenvalue weighted by Gasteiger charge is 2.48. The minimum atomic E-state index is -1.11. The molecule has 1 aromatic heterocycles. The van der Waals surface area contributed by atoms with Crippen molar-refractivity contribution in [3.8, 4) is 11.4 Å². The van der Waals surface area contributed by atoms with Crippen LogP contribution in [0.1, 0.15) is 47.4 Å². The normalized spacial score (nSPS) is 18.8. The molecule has 3 N–H and O–H groups in total. The van der Waals surface area contributed by atoms with Gasteiger partial charge in [-0.15, -0.1) is 11.8 Å². The van der Waals surface area contributed by atoms with E-state index in [4.69, 9.17) is 18.7 Å². The van der Waals surface area contributed by atoms with Crippen LogP contribution in [0.2, 0.25) is 0 Å². The average molecular weight is 552 g/mol. The number of fused-ring (bicyclic) bond motifs is 1. The van der Waals surface area contributed by atoms with Crippen LogP contribution < -0.4 is 16.0 Å². The molecule has 2 aliphatic heterocycles. The number of hydrogen-bond donors (Lipinski definition) is 3. The van der Waals surface area contributed by atoms with Gasteiger partial charge < -0.3 is 34.7 Å². The fourth-order valence-corrected chi connectivity index (χ4v) is 4.58. The first-order chi connectivity index (χ1) is 17.6. The van der Waals surface area contributed by atoms with Gasteiger partial charge in [0.15, 0.2) is 5.54 Å². The predicted octanol–water partition coefficient (Wildman–Crippen LogP) is 3.56. The lowest BCUT2D eigenvalue weighted by Crippen LogP contribution is -2.60. The molecule has 38 heavy (non-hydrogen) atoms. The van der Waals surface area contributed by atoms with Crippen LogP contribution in [0.15, 0.2) is 21.6 Å². The van der Waals surface area contributed by atoms with Crippen LogP contribution in [-0.2, 0) is 24.5 Å². The Morgan fingerprint density at radius 1 is 1.13 bits per heavy atom. The number of benzene rings is 1. The lowest BCUT2D eigenvalue weighted by Gasteiger charge is -2.38. The molecule has 206 valence electrons. The highest BCUT2D eigenvalue weighted by atomic mass is 32.2. The van der Waals surface area contributed by atoms with Gasteiger partial charge in [0.05, 0.1) is 24.5 Å². The van der Waals surface area contributed by atoms with Crippen molar-refractivity contribution in [3.63, 3.8) is 0 Å². The van der Waals surface area contributed by atoms with Crippen molar-refractivity contribution in [2.45, 2.75) is 69.2 Å². The molecule has 3 heterocycles. The molecular weight excluding hydrogens is 521 g/mol. The monoisotopic (exact) mass is 551 g/mol. The number of carbonyl (C=O) groups is 3. The number of alkyl carbamates (subject to hydrolysis) is 2. The van der Waals surface area contributed by atoms with E-state index in [1.54, 1.807) is 41.5 Å². The molecule has 4 rings (SSSR count). The Morgan fingerprint density at radius 2 is 1.79 bits per heavy atom. The van der Waals surface area contributed by atoms with Crippen LogP contribution in [-0.4, -0.2) is 64.4 Å². The standard InChI is InChI=1S/C24H30FN5O7S/c1-22(2,3)35-20(32)27-15-9-38-16-8-13(25)12(7-14(16)26-18(15)31)17-28-19(37-30-17)24(10-34-11-24)29-21(33)36-23(4,5)6/h7-8,15H,9-11H2,1-6H3,(H,26,31)(H,27,32)(H,29,33)/t15-/m0/s1. The summed E-state index contributed by atoms with van der Waals surface area (Å²) in [6.07, 6.45) is -1.42. The molecule has 3 amide bonds. The second-order valence-corrected chi connectivity index (χ2v) is 12.0. The number of carbonyl (C=O) groups excluding carboxylic acids is 3. The maximum absolute atomic E-state index is 15.1. The topological polar surface area (TPSA) is 154 Å². The summed E-state index contributed by atoms with van der Waals surface area (Å²) in [5, 5.41) is 11.8. The number of hydrogen-bond acceptors (Lipinski definition) is 10. The first-order valence-electron chi connectivity index (χ1n) is 11.8. The van der Waals surface area contributed by atoms with Crippen LogP contribution in [0.4, 0.5) is 19.7 Å². The van der Waals surface area contributed by atoms with E-state index in [0.29, 0.717) is 10.6 Å². The Hall–Kier alpha value is -3.39. The average Bonchev–Trinajstić information content (AvgIpc) is 3.17. The Labute approximate surface area is 222 Å². The summed E-state index contributed by atoms with van der Waals surface area (Å²) in [7, 11) is 0. The Kier molecular flexibility index (Phi) is 7.32. The van der Waals surface area contributed by atoms with Gasteiger partial charge in [0.1, 0.15) is 23.1 Å². The van der Waals surface area contributed by atoms with Crippen LogP contribution in [0, 0.1) is 5.82 Å². The molecule has 0 spiro atoms. The summed E-state index contributed by atoms with van der Waals surface area (Å²) in [6.45, 7) is 10.5. The van der Waals surface area contributed by atoms with Gasteiger partial charge in [0.2, 0.25) is 11.7 Å². The van der Waals surface area contributed by atoms with E-state index >= 15 is 4.39 Å². The first-order valence-corrected chi connectivity index (χ1v) is 12.8. The van der Waals surface area contributed by atoms with Crippen LogP contribution in [0.25, 0.3) is 11.4 Å². The third-order valence-corrected chi connectivity index (χ3v) is 6.40. The highest BCUT2D eigenvalue weighted by Crippen LogP contribution is 2.37. The quantitative estimate of drug-likeness (QED) is 0.514. The first kappa shape index (κ1) is 27.6. The van der Waals surface area contributed by atoms with Gasteiger partial charge in [0.25, 0.3) is 5.89 Å². The Balaban J connectivity index is 1.52. The molecule has 0 unspecified atom stereocenters. The van der Waals surface area contributed by atoms with Crippen molar-refractivity contribution in [2.24, 2.45) is 0 Å². The molecule has 0 aliphatic carbocycles. The van der Waals surface area contributed by atoms with Crippen molar-refractivity contribution in [1.29, 1.82) is 0 Å². The zero-order valence-electron chi connectivity index (χ0n) is 21.9. The van der Waals surface area contributed by atoms with Gasteiger partial charge >= 0.3 is 12.2 Å². The van der Waals surface area contributed by atoms with Gasteiger partial charge in [-0.3, -0.25) is 4.79 Å². The molecule has 1 atom stereocenters. The van der Waals surface area contributed by atoms with Crippen molar-refractivity contribution in [1.82, 2.24) is 20.8 Å². The van der Waals surface area contributed by atoms with Crippen LogP contribution >= 0.6 is 11.8 Å². The number of rotatable bonds is 4. The second-order valence-electron chi connectivity index (χ2n) is 11.0. The summed E-state index contributed by atoms with van der Waals surface area (Å²) in [6, 6.07) is 1.75. The highest BCUT2D eigenvalue weighted by molar-refractivity contribution is 7.99. The SMILES string of the molecule is CC(C)(C)OC(=O)N[C@H]1CSc2cc(F)c(-c3noc(C4(NC(=O)OC(C)(C)C)COC4)n3)cc2NC1=O. The van der Waals surface area contributed by atoms with E-state index in [9.17, 15) is 14.4 Å². The largest absolute Gasteiger partial charge is 0.444 e.